The number of carbonyl (C=O) groups excluding carboxylic acids is 1. The van der Waals surface area contributed by atoms with Crippen molar-refractivity contribution in [1.29, 1.82) is 0 Å². The third kappa shape index (κ3) is 6.52. The number of aliphatic hydroxyl groups excluding tert-OH is 3. The Morgan fingerprint density at radius 1 is 1.12 bits per heavy atom. The van der Waals surface area contributed by atoms with Crippen LogP contribution in [0.1, 0.15) is 0 Å². The fraction of sp³-hybridized carbons (Fsp3) is 0.700. The summed E-state index contributed by atoms with van der Waals surface area (Å²) >= 11 is 0. The minimum Gasteiger partial charge on any atom is -0.460 e. The molecule has 0 radical (unpaired) electrons. The van der Waals surface area contributed by atoms with E-state index in [0.29, 0.717) is 13.1 Å². The van der Waals surface area contributed by atoms with E-state index in [-0.39, 0.29) is 38.5 Å². The Hall–Kier alpha value is -0.950. The fourth-order valence-corrected chi connectivity index (χ4v) is 1.13. The van der Waals surface area contributed by atoms with Crippen LogP contribution in [0.15, 0.2) is 12.2 Å². The number of hydrogen-bond acceptors (Lipinski definition) is 6. The van der Waals surface area contributed by atoms with E-state index in [4.69, 9.17) is 15.3 Å². The second-order valence-electron chi connectivity index (χ2n) is 3.19. The van der Waals surface area contributed by atoms with Crippen LogP contribution in [0.3, 0.4) is 0 Å². The lowest BCUT2D eigenvalue weighted by atomic mass is 10.3. The van der Waals surface area contributed by atoms with Crippen molar-refractivity contribution < 1.29 is 24.9 Å². The number of carbonyl (C=O) groups is 1. The molecule has 0 fully saturated rings. The van der Waals surface area contributed by atoms with Crippen LogP contribution >= 0.6 is 0 Å². The van der Waals surface area contributed by atoms with Gasteiger partial charge in [0, 0.05) is 25.2 Å². The topological polar surface area (TPSA) is 90.2 Å². The van der Waals surface area contributed by atoms with Crippen LogP contribution < -0.4 is 0 Å². The van der Waals surface area contributed by atoms with Gasteiger partial charge in [0.25, 0.3) is 0 Å². The Balaban J connectivity index is 4.01. The third-order valence-corrected chi connectivity index (χ3v) is 1.86. The highest BCUT2D eigenvalue weighted by Gasteiger charge is 2.12. The van der Waals surface area contributed by atoms with Crippen molar-refractivity contribution >= 4 is 5.97 Å². The molecule has 0 amide bonds. The van der Waals surface area contributed by atoms with Gasteiger partial charge in [-0.1, -0.05) is 6.58 Å². The minimum absolute atomic E-state index is 0.0566. The maximum Gasteiger partial charge on any atom is 0.334 e. The average molecular weight is 233 g/mol. The maximum absolute atomic E-state index is 11.3. The van der Waals surface area contributed by atoms with Gasteiger partial charge in [-0.3, -0.25) is 4.90 Å². The van der Waals surface area contributed by atoms with Crippen LogP contribution in [0.5, 0.6) is 0 Å². The third-order valence-electron chi connectivity index (χ3n) is 1.86. The lowest BCUT2D eigenvalue weighted by Gasteiger charge is -2.20. The molecule has 0 aliphatic carbocycles. The van der Waals surface area contributed by atoms with Crippen molar-refractivity contribution in [3.05, 3.63) is 12.2 Å². The quantitative estimate of drug-likeness (QED) is 0.327. The van der Waals surface area contributed by atoms with Crippen molar-refractivity contribution in [3.8, 4) is 0 Å². The number of aliphatic hydroxyl groups is 3. The molecule has 0 aromatic carbocycles. The monoisotopic (exact) mass is 233 g/mol. The van der Waals surface area contributed by atoms with E-state index >= 15 is 0 Å². The Labute approximate surface area is 94.8 Å². The molecule has 6 nitrogen and oxygen atoms in total. The van der Waals surface area contributed by atoms with Crippen LogP contribution in [0, 0.1) is 0 Å². The number of nitrogens with zero attached hydrogens (tertiary/aromatic N) is 1. The van der Waals surface area contributed by atoms with Gasteiger partial charge in [-0.25, -0.2) is 4.79 Å². The summed E-state index contributed by atoms with van der Waals surface area (Å²) in [5.74, 6) is -0.574. The zero-order chi connectivity index (χ0) is 12.4. The maximum atomic E-state index is 11.3. The van der Waals surface area contributed by atoms with Gasteiger partial charge in [-0.2, -0.15) is 0 Å². The summed E-state index contributed by atoms with van der Waals surface area (Å²) in [4.78, 5) is 12.9. The van der Waals surface area contributed by atoms with E-state index in [2.05, 4.69) is 11.3 Å². The molecule has 3 N–H and O–H groups in total. The number of ether oxygens (including phenoxy) is 1. The molecule has 0 atom stereocenters. The van der Waals surface area contributed by atoms with E-state index in [9.17, 15) is 4.79 Å². The van der Waals surface area contributed by atoms with Gasteiger partial charge in [0.2, 0.25) is 0 Å². The molecular weight excluding hydrogens is 214 g/mol. The molecule has 0 aromatic rings. The van der Waals surface area contributed by atoms with Gasteiger partial charge in [-0.05, 0) is 0 Å². The molecule has 0 rings (SSSR count). The fourth-order valence-electron chi connectivity index (χ4n) is 1.13. The van der Waals surface area contributed by atoms with E-state index in [1.807, 2.05) is 0 Å². The summed E-state index contributed by atoms with van der Waals surface area (Å²) in [5, 5.41) is 26.0. The molecule has 0 bridgehead atoms. The molecule has 94 valence electrons. The van der Waals surface area contributed by atoms with Crippen molar-refractivity contribution in [2.24, 2.45) is 0 Å². The minimum atomic E-state index is -0.574. The van der Waals surface area contributed by atoms with Crippen molar-refractivity contribution in [2.45, 2.75) is 0 Å². The largest absolute Gasteiger partial charge is 0.460 e. The number of hydrogen-bond donors (Lipinski definition) is 3. The predicted octanol–water partition coefficient (Wildman–Crippen LogP) is -1.64. The molecule has 0 saturated carbocycles. The molecule has 0 aliphatic heterocycles. The van der Waals surface area contributed by atoms with Gasteiger partial charge >= 0.3 is 5.97 Å². The summed E-state index contributed by atoms with van der Waals surface area (Å²) in [6.45, 7) is 4.09. The standard InChI is InChI=1S/C10H19NO5/c1-9(10(15)16-7-6-14)8-11(2-4-12)3-5-13/h12-14H,1-8H2. The Kier molecular flexibility index (Phi) is 8.74. The Bertz CT molecular complexity index is 213. The molecule has 0 unspecified atom stereocenters. The van der Waals surface area contributed by atoms with E-state index in [1.54, 1.807) is 4.90 Å². The van der Waals surface area contributed by atoms with Crippen molar-refractivity contribution in [3.63, 3.8) is 0 Å². The zero-order valence-corrected chi connectivity index (χ0v) is 9.26. The molecule has 0 heterocycles. The summed E-state index contributed by atoms with van der Waals surface area (Å²) in [7, 11) is 0. The first kappa shape index (κ1) is 15.0. The van der Waals surface area contributed by atoms with Gasteiger partial charge in [-0.15, -0.1) is 0 Å². The van der Waals surface area contributed by atoms with E-state index in [0.717, 1.165) is 0 Å². The molecule has 0 aliphatic rings. The van der Waals surface area contributed by atoms with Crippen LogP contribution in [-0.4, -0.2) is 72.3 Å². The van der Waals surface area contributed by atoms with Crippen LogP contribution in [0.4, 0.5) is 0 Å². The average Bonchev–Trinajstić information content (AvgIpc) is 2.26. The Morgan fingerprint density at radius 3 is 2.12 bits per heavy atom. The summed E-state index contributed by atoms with van der Waals surface area (Å²) in [6, 6.07) is 0. The van der Waals surface area contributed by atoms with Gasteiger partial charge in [0.05, 0.1) is 19.8 Å². The first-order valence-electron chi connectivity index (χ1n) is 5.05. The lowest BCUT2D eigenvalue weighted by Crippen LogP contribution is -2.33. The lowest BCUT2D eigenvalue weighted by molar-refractivity contribution is -0.140. The van der Waals surface area contributed by atoms with Crippen molar-refractivity contribution in [2.75, 3.05) is 46.1 Å². The normalized spacial score (nSPS) is 10.5. The molecule has 6 heteroatoms. The predicted molar refractivity (Wildman–Crippen MR) is 57.8 cm³/mol. The Morgan fingerprint density at radius 2 is 1.69 bits per heavy atom. The summed E-state index contributed by atoms with van der Waals surface area (Å²) < 4.78 is 4.67. The number of esters is 1. The molecule has 0 saturated heterocycles. The van der Waals surface area contributed by atoms with Gasteiger partial charge in [0.15, 0.2) is 0 Å². The summed E-state index contributed by atoms with van der Waals surface area (Å²) in [6.07, 6.45) is 0. The van der Waals surface area contributed by atoms with Crippen LogP contribution in [0.25, 0.3) is 0 Å². The first-order chi connectivity index (χ1) is 7.65. The van der Waals surface area contributed by atoms with Crippen LogP contribution in [0.2, 0.25) is 0 Å². The van der Waals surface area contributed by atoms with E-state index < -0.39 is 5.97 Å². The smallest absolute Gasteiger partial charge is 0.334 e. The first-order valence-corrected chi connectivity index (χ1v) is 5.05. The van der Waals surface area contributed by atoms with Crippen molar-refractivity contribution in [1.82, 2.24) is 4.90 Å². The molecular formula is C10H19NO5. The van der Waals surface area contributed by atoms with Crippen LogP contribution in [-0.2, 0) is 9.53 Å². The highest BCUT2D eigenvalue weighted by atomic mass is 16.5. The zero-order valence-electron chi connectivity index (χ0n) is 9.26. The van der Waals surface area contributed by atoms with Gasteiger partial charge in [0.1, 0.15) is 6.61 Å². The SMILES string of the molecule is C=C(CN(CCO)CCO)C(=O)OCCO. The van der Waals surface area contributed by atoms with E-state index in [1.165, 1.54) is 0 Å². The summed E-state index contributed by atoms with van der Waals surface area (Å²) in [5.41, 5.74) is 0.232. The molecule has 0 spiro atoms. The molecule has 0 aromatic heterocycles. The highest BCUT2D eigenvalue weighted by Crippen LogP contribution is 1.99. The second kappa shape index (κ2) is 9.29. The second-order valence-corrected chi connectivity index (χ2v) is 3.19. The molecule has 16 heavy (non-hydrogen) atoms. The number of rotatable bonds is 9. The highest BCUT2D eigenvalue weighted by molar-refractivity contribution is 5.88. The van der Waals surface area contributed by atoms with Gasteiger partial charge < -0.3 is 20.1 Å².